The number of aliphatic imine (C=N–C) groups is 1. The minimum atomic E-state index is 0.474. The molecule has 4 unspecified atom stereocenters. The Morgan fingerprint density at radius 3 is 2.85 bits per heavy atom. The Balaban J connectivity index is 1.29. The van der Waals surface area contributed by atoms with E-state index >= 15 is 0 Å². The molecular weight excluding hydrogens is 348 g/mol. The first-order valence-corrected chi connectivity index (χ1v) is 10.4. The van der Waals surface area contributed by atoms with Crippen LogP contribution in [0.4, 0.5) is 0 Å². The summed E-state index contributed by atoms with van der Waals surface area (Å²) in [5.74, 6) is 3.02. The molecule has 2 aromatic heterocycles. The lowest BCUT2D eigenvalue weighted by molar-refractivity contribution is 0.0767. The van der Waals surface area contributed by atoms with Crippen molar-refractivity contribution in [2.45, 2.75) is 38.5 Å². The molecule has 3 fully saturated rings. The summed E-state index contributed by atoms with van der Waals surface area (Å²) in [5, 5.41) is 5.48. The van der Waals surface area contributed by atoms with Crippen molar-refractivity contribution in [1.29, 1.82) is 0 Å². The quantitative estimate of drug-likeness (QED) is 0.660. The number of hydrogen-bond donors (Lipinski definition) is 1. The lowest BCUT2D eigenvalue weighted by atomic mass is 9.82. The van der Waals surface area contributed by atoms with Crippen molar-refractivity contribution in [1.82, 2.24) is 15.2 Å². The number of ether oxygens (including phenoxy) is 1. The maximum atomic E-state index is 6.09. The van der Waals surface area contributed by atoms with Gasteiger partial charge in [-0.3, -0.25) is 0 Å². The van der Waals surface area contributed by atoms with Gasteiger partial charge >= 0.3 is 0 Å². The van der Waals surface area contributed by atoms with E-state index in [4.69, 9.17) is 14.1 Å². The first-order valence-electron chi connectivity index (χ1n) is 9.49. The number of aromatic nitrogens is 1. The zero-order valence-electron chi connectivity index (χ0n) is 14.9. The van der Waals surface area contributed by atoms with Gasteiger partial charge in [0.15, 0.2) is 5.96 Å². The normalized spacial score (nSPS) is 30.2. The van der Waals surface area contributed by atoms with Gasteiger partial charge in [0, 0.05) is 31.5 Å². The number of rotatable bonds is 4. The first-order chi connectivity index (χ1) is 12.8. The Bertz CT molecular complexity index is 769. The van der Waals surface area contributed by atoms with Crippen molar-refractivity contribution in [2.24, 2.45) is 16.8 Å². The second kappa shape index (κ2) is 6.70. The number of likely N-dealkylation sites (tertiary alicyclic amines) is 1. The number of hydrogen-bond acceptors (Lipinski definition) is 5. The van der Waals surface area contributed by atoms with E-state index in [1.807, 2.05) is 17.5 Å². The summed E-state index contributed by atoms with van der Waals surface area (Å²) < 4.78 is 11.7. The summed E-state index contributed by atoms with van der Waals surface area (Å²) in [7, 11) is 0. The molecule has 5 heterocycles. The van der Waals surface area contributed by atoms with Crippen molar-refractivity contribution in [3.63, 3.8) is 0 Å². The minimum Gasteiger partial charge on any atom is -0.443 e. The smallest absolute Gasteiger partial charge is 0.236 e. The number of nitrogens with zero attached hydrogens (tertiary/aromatic N) is 3. The van der Waals surface area contributed by atoms with E-state index in [0.29, 0.717) is 36.5 Å². The molecule has 4 atom stereocenters. The maximum absolute atomic E-state index is 6.09. The average molecular weight is 372 g/mol. The van der Waals surface area contributed by atoms with Crippen LogP contribution in [0.2, 0.25) is 0 Å². The highest BCUT2D eigenvalue weighted by Crippen LogP contribution is 2.47. The summed E-state index contributed by atoms with van der Waals surface area (Å²) in [6, 6.07) is 4.03. The molecule has 3 aliphatic heterocycles. The van der Waals surface area contributed by atoms with Crippen molar-refractivity contribution >= 4 is 17.3 Å². The van der Waals surface area contributed by atoms with Gasteiger partial charge in [-0.15, -0.1) is 11.3 Å². The van der Waals surface area contributed by atoms with Gasteiger partial charge in [-0.25, -0.2) is 9.98 Å². The lowest BCUT2D eigenvalue weighted by Crippen LogP contribution is -2.41. The number of guanidine groups is 1. The summed E-state index contributed by atoms with van der Waals surface area (Å²) in [4.78, 5) is 12.9. The Labute approximate surface area is 157 Å². The molecule has 0 radical (unpaired) electrons. The van der Waals surface area contributed by atoms with E-state index in [1.165, 1.54) is 12.8 Å². The number of fused-ring (bicyclic) bond motifs is 5. The van der Waals surface area contributed by atoms with Crippen LogP contribution in [0.3, 0.4) is 0 Å². The molecule has 0 aromatic carbocycles. The Morgan fingerprint density at radius 2 is 2.15 bits per heavy atom. The summed E-state index contributed by atoms with van der Waals surface area (Å²) in [6.45, 7) is 5.62. The largest absolute Gasteiger partial charge is 0.443 e. The number of thiophene rings is 1. The maximum Gasteiger partial charge on any atom is 0.236 e. The highest BCUT2D eigenvalue weighted by molar-refractivity contribution is 7.13. The van der Waals surface area contributed by atoms with Crippen molar-refractivity contribution < 1.29 is 9.15 Å². The number of nitrogens with one attached hydrogen (secondary N) is 1. The van der Waals surface area contributed by atoms with Gasteiger partial charge < -0.3 is 19.4 Å². The van der Waals surface area contributed by atoms with Gasteiger partial charge in [-0.1, -0.05) is 6.07 Å². The van der Waals surface area contributed by atoms with Gasteiger partial charge in [-0.05, 0) is 31.2 Å². The summed E-state index contributed by atoms with van der Waals surface area (Å²) in [5.41, 5.74) is 0.867. The highest BCUT2D eigenvalue weighted by atomic mass is 32.1. The van der Waals surface area contributed by atoms with Gasteiger partial charge in [0.05, 0.1) is 23.6 Å². The van der Waals surface area contributed by atoms with Gasteiger partial charge in [0.25, 0.3) is 0 Å². The van der Waals surface area contributed by atoms with E-state index in [0.717, 1.165) is 36.2 Å². The van der Waals surface area contributed by atoms with Crippen molar-refractivity contribution in [2.75, 3.05) is 19.6 Å². The van der Waals surface area contributed by atoms with Gasteiger partial charge in [0.2, 0.25) is 5.89 Å². The Kier molecular flexibility index (Phi) is 4.21. The molecule has 5 rings (SSSR count). The zero-order chi connectivity index (χ0) is 17.5. The van der Waals surface area contributed by atoms with Gasteiger partial charge in [-0.2, -0.15) is 0 Å². The third-order valence-electron chi connectivity index (χ3n) is 5.76. The van der Waals surface area contributed by atoms with Crippen LogP contribution in [0.5, 0.6) is 0 Å². The average Bonchev–Trinajstić information content (AvgIpc) is 3.44. The molecule has 2 bridgehead atoms. The molecule has 3 aliphatic rings. The van der Waals surface area contributed by atoms with Crippen LogP contribution in [0.25, 0.3) is 10.8 Å². The van der Waals surface area contributed by atoms with Crippen LogP contribution >= 0.6 is 11.3 Å². The van der Waals surface area contributed by atoms with Crippen molar-refractivity contribution in [3.05, 3.63) is 29.5 Å². The van der Waals surface area contributed by atoms with E-state index in [1.54, 1.807) is 17.6 Å². The molecule has 0 amide bonds. The Morgan fingerprint density at radius 1 is 1.35 bits per heavy atom. The molecule has 26 heavy (non-hydrogen) atoms. The summed E-state index contributed by atoms with van der Waals surface area (Å²) in [6.07, 6.45) is 5.13. The molecule has 1 N–H and O–H groups in total. The third kappa shape index (κ3) is 2.83. The molecule has 3 saturated heterocycles. The van der Waals surface area contributed by atoms with E-state index in [2.05, 4.69) is 22.1 Å². The number of oxazole rings is 1. The predicted molar refractivity (Wildman–Crippen MR) is 101 cm³/mol. The molecule has 0 spiro atoms. The molecule has 138 valence electrons. The van der Waals surface area contributed by atoms with Crippen molar-refractivity contribution in [3.8, 4) is 10.8 Å². The van der Waals surface area contributed by atoms with Crippen LogP contribution in [0.1, 0.15) is 25.5 Å². The second-order valence-corrected chi connectivity index (χ2v) is 8.26. The molecule has 0 aliphatic carbocycles. The van der Waals surface area contributed by atoms with Gasteiger partial charge in [0.1, 0.15) is 12.0 Å². The lowest BCUT2D eigenvalue weighted by Gasteiger charge is -2.23. The van der Waals surface area contributed by atoms with Crippen LogP contribution in [-0.4, -0.2) is 47.7 Å². The SMILES string of the molecule is CCNC(=NCc1coc(-c2cccs2)n1)N1CC2C3CCC(O3)C2C1. The fraction of sp³-hybridized carbons (Fsp3) is 0.579. The fourth-order valence-electron chi connectivity index (χ4n) is 4.61. The van der Waals surface area contributed by atoms with Crippen LogP contribution in [0.15, 0.2) is 33.2 Å². The molecular formula is C19H24N4O2S. The highest BCUT2D eigenvalue weighted by Gasteiger charge is 2.53. The summed E-state index contributed by atoms with van der Waals surface area (Å²) >= 11 is 1.63. The Hall–Kier alpha value is -1.86. The molecule has 2 aromatic rings. The van der Waals surface area contributed by atoms with Crippen LogP contribution < -0.4 is 5.32 Å². The molecule has 0 saturated carbocycles. The predicted octanol–water partition coefficient (Wildman–Crippen LogP) is 2.98. The topological polar surface area (TPSA) is 62.9 Å². The minimum absolute atomic E-state index is 0.474. The fourth-order valence-corrected chi connectivity index (χ4v) is 5.26. The monoisotopic (exact) mass is 372 g/mol. The van der Waals surface area contributed by atoms with Crippen LogP contribution in [0, 0.1) is 11.8 Å². The van der Waals surface area contributed by atoms with E-state index in [-0.39, 0.29) is 0 Å². The standard InChI is InChI=1S/C19H24N4O2S/c1-2-20-19(23-9-13-14(10-23)16-6-5-15(13)25-16)21-8-12-11-24-18(22-12)17-4-3-7-26-17/h3-4,7,11,13-16H,2,5-6,8-10H2,1H3,(H,20,21). The molecule has 7 heteroatoms. The third-order valence-corrected chi connectivity index (χ3v) is 6.62. The zero-order valence-corrected chi connectivity index (χ0v) is 15.7. The first kappa shape index (κ1) is 16.3. The molecule has 6 nitrogen and oxygen atoms in total. The van der Waals surface area contributed by atoms with E-state index in [9.17, 15) is 0 Å². The van der Waals surface area contributed by atoms with E-state index < -0.39 is 0 Å². The van der Waals surface area contributed by atoms with Crippen LogP contribution in [-0.2, 0) is 11.3 Å². The second-order valence-electron chi connectivity index (χ2n) is 7.31.